The molecule has 0 aliphatic rings. The van der Waals surface area contributed by atoms with E-state index in [1.807, 2.05) is 0 Å². The Bertz CT molecular complexity index is 750. The smallest absolute Gasteiger partial charge is 0.306 e. The first-order chi connectivity index (χ1) is 25.6. The molecule has 0 amide bonds. The SMILES string of the molecule is CCCCCCCCCC/C=C\CCCCCCCCCCCCCCCCCCCCCCCC(=O)OC(CO)COC(=O)CCCCCCC. The van der Waals surface area contributed by atoms with Gasteiger partial charge < -0.3 is 14.6 Å². The van der Waals surface area contributed by atoms with E-state index >= 15 is 0 Å². The number of carbonyl (C=O) groups excluding carboxylic acids is 2. The molecule has 5 nitrogen and oxygen atoms in total. The van der Waals surface area contributed by atoms with Gasteiger partial charge in [-0.15, -0.1) is 0 Å². The van der Waals surface area contributed by atoms with Crippen LogP contribution in [0.5, 0.6) is 0 Å². The fraction of sp³-hybridized carbons (Fsp3) is 0.915. The van der Waals surface area contributed by atoms with E-state index in [-0.39, 0.29) is 25.2 Å². The molecule has 0 saturated carbocycles. The highest BCUT2D eigenvalue weighted by Crippen LogP contribution is 2.16. The summed E-state index contributed by atoms with van der Waals surface area (Å²) >= 11 is 0. The topological polar surface area (TPSA) is 72.8 Å². The Morgan fingerprint density at radius 3 is 1.04 bits per heavy atom. The van der Waals surface area contributed by atoms with Gasteiger partial charge >= 0.3 is 11.9 Å². The van der Waals surface area contributed by atoms with Crippen molar-refractivity contribution in [2.75, 3.05) is 13.2 Å². The molecule has 0 aromatic rings. The van der Waals surface area contributed by atoms with Gasteiger partial charge in [-0.1, -0.05) is 219 Å². The minimum atomic E-state index is -0.761. The molecule has 0 radical (unpaired) electrons. The summed E-state index contributed by atoms with van der Waals surface area (Å²) in [5, 5.41) is 9.48. The number of ether oxygens (including phenoxy) is 2. The van der Waals surface area contributed by atoms with Crippen LogP contribution in [-0.2, 0) is 19.1 Å². The molecule has 0 fully saturated rings. The highest BCUT2D eigenvalue weighted by molar-refractivity contribution is 5.70. The van der Waals surface area contributed by atoms with Crippen molar-refractivity contribution in [3.8, 4) is 0 Å². The number of carbonyl (C=O) groups is 2. The lowest BCUT2D eigenvalue weighted by Gasteiger charge is -2.15. The summed E-state index contributed by atoms with van der Waals surface area (Å²) in [5.41, 5.74) is 0. The second-order valence-electron chi connectivity index (χ2n) is 15.8. The van der Waals surface area contributed by atoms with E-state index in [1.54, 1.807) is 0 Å². The Hall–Kier alpha value is -1.36. The van der Waals surface area contributed by atoms with Gasteiger partial charge in [0.25, 0.3) is 0 Å². The van der Waals surface area contributed by atoms with E-state index in [0.29, 0.717) is 12.8 Å². The van der Waals surface area contributed by atoms with Crippen LogP contribution in [0.4, 0.5) is 0 Å². The normalized spacial score (nSPS) is 12.1. The molecule has 0 aromatic heterocycles. The summed E-state index contributed by atoms with van der Waals surface area (Å²) < 4.78 is 10.5. The Balaban J connectivity index is 3.31. The maximum Gasteiger partial charge on any atom is 0.306 e. The molecule has 0 rings (SSSR count). The van der Waals surface area contributed by atoms with Crippen molar-refractivity contribution in [2.24, 2.45) is 0 Å². The fourth-order valence-corrected chi connectivity index (χ4v) is 7.02. The van der Waals surface area contributed by atoms with E-state index < -0.39 is 6.10 Å². The number of allylic oxidation sites excluding steroid dienone is 2. The fourth-order valence-electron chi connectivity index (χ4n) is 7.02. The van der Waals surface area contributed by atoms with Crippen molar-refractivity contribution in [3.63, 3.8) is 0 Å². The summed E-state index contributed by atoms with van der Waals surface area (Å²) in [6, 6.07) is 0. The van der Waals surface area contributed by atoms with Crippen LogP contribution in [0.2, 0.25) is 0 Å². The standard InChI is InChI=1S/C47H90O5/c1-3-5-7-9-10-11-12-13-14-15-16-17-18-19-20-21-22-23-24-25-26-27-28-29-30-31-32-33-34-35-36-38-40-42-47(50)52-45(43-48)44-51-46(49)41-39-37-8-6-4-2/h15-16,45,48H,3-14,17-44H2,1-2H3/b16-15-. The summed E-state index contributed by atoms with van der Waals surface area (Å²) in [4.78, 5) is 24.0. The number of hydrogen-bond donors (Lipinski definition) is 1. The highest BCUT2D eigenvalue weighted by Gasteiger charge is 2.16. The zero-order valence-corrected chi connectivity index (χ0v) is 35.1. The van der Waals surface area contributed by atoms with Gasteiger partial charge in [0.1, 0.15) is 6.61 Å². The maximum atomic E-state index is 12.1. The molecular formula is C47H90O5. The first-order valence-electron chi connectivity index (χ1n) is 23.2. The number of aliphatic hydroxyl groups is 1. The minimum absolute atomic E-state index is 0.0611. The third-order valence-corrected chi connectivity index (χ3v) is 10.6. The summed E-state index contributed by atoms with van der Waals surface area (Å²) in [6.45, 7) is 4.07. The Morgan fingerprint density at radius 2 is 0.712 bits per heavy atom. The predicted octanol–water partition coefficient (Wildman–Crippen LogP) is 14.9. The molecule has 0 aliphatic carbocycles. The lowest BCUT2D eigenvalue weighted by atomic mass is 10.0. The van der Waals surface area contributed by atoms with Gasteiger partial charge in [-0.3, -0.25) is 9.59 Å². The average molecular weight is 735 g/mol. The Morgan fingerprint density at radius 1 is 0.423 bits per heavy atom. The van der Waals surface area contributed by atoms with Crippen molar-refractivity contribution in [1.29, 1.82) is 0 Å². The Labute approximate surface area is 324 Å². The van der Waals surface area contributed by atoms with Crippen molar-refractivity contribution >= 4 is 11.9 Å². The third-order valence-electron chi connectivity index (χ3n) is 10.6. The molecule has 0 aromatic carbocycles. The number of esters is 2. The van der Waals surface area contributed by atoms with Crippen molar-refractivity contribution in [1.82, 2.24) is 0 Å². The van der Waals surface area contributed by atoms with Crippen LogP contribution in [-0.4, -0.2) is 36.4 Å². The predicted molar refractivity (Wildman–Crippen MR) is 224 cm³/mol. The maximum absolute atomic E-state index is 12.1. The van der Waals surface area contributed by atoms with E-state index in [4.69, 9.17) is 9.47 Å². The Kier molecular flexibility index (Phi) is 42.9. The molecule has 0 saturated heterocycles. The molecule has 308 valence electrons. The summed E-state index contributed by atoms with van der Waals surface area (Å²) in [6.07, 6.45) is 52.2. The lowest BCUT2D eigenvalue weighted by molar-refractivity contribution is -0.161. The van der Waals surface area contributed by atoms with Crippen molar-refractivity contribution in [2.45, 2.75) is 264 Å². The van der Waals surface area contributed by atoms with Gasteiger partial charge in [0, 0.05) is 12.8 Å². The van der Waals surface area contributed by atoms with Gasteiger partial charge in [-0.05, 0) is 38.5 Å². The number of rotatable bonds is 43. The molecular weight excluding hydrogens is 645 g/mol. The van der Waals surface area contributed by atoms with Gasteiger partial charge in [-0.2, -0.15) is 0 Å². The molecule has 0 spiro atoms. The molecule has 0 bridgehead atoms. The van der Waals surface area contributed by atoms with E-state index in [1.165, 1.54) is 193 Å². The van der Waals surface area contributed by atoms with E-state index in [0.717, 1.165) is 38.5 Å². The van der Waals surface area contributed by atoms with Crippen LogP contribution in [0, 0.1) is 0 Å². The van der Waals surface area contributed by atoms with Gasteiger partial charge in [0.15, 0.2) is 6.10 Å². The first-order valence-corrected chi connectivity index (χ1v) is 23.2. The summed E-state index contributed by atoms with van der Waals surface area (Å²) in [5.74, 6) is -0.593. The molecule has 0 heterocycles. The quantitative estimate of drug-likeness (QED) is 0.0383. The number of unbranched alkanes of at least 4 members (excludes halogenated alkanes) is 33. The lowest BCUT2D eigenvalue weighted by Crippen LogP contribution is -2.28. The molecule has 0 aliphatic heterocycles. The van der Waals surface area contributed by atoms with E-state index in [2.05, 4.69) is 26.0 Å². The van der Waals surface area contributed by atoms with Gasteiger partial charge in [0.2, 0.25) is 0 Å². The second-order valence-corrected chi connectivity index (χ2v) is 15.8. The van der Waals surface area contributed by atoms with Crippen LogP contribution >= 0.6 is 0 Å². The van der Waals surface area contributed by atoms with E-state index in [9.17, 15) is 14.7 Å². The second kappa shape index (κ2) is 44.0. The van der Waals surface area contributed by atoms with Crippen LogP contribution in [0.1, 0.15) is 258 Å². The van der Waals surface area contributed by atoms with Crippen LogP contribution in [0.3, 0.4) is 0 Å². The van der Waals surface area contributed by atoms with Gasteiger partial charge in [0.05, 0.1) is 6.61 Å². The molecule has 52 heavy (non-hydrogen) atoms. The molecule has 1 N–H and O–H groups in total. The minimum Gasteiger partial charge on any atom is -0.462 e. The largest absolute Gasteiger partial charge is 0.462 e. The zero-order chi connectivity index (χ0) is 37.8. The third kappa shape index (κ3) is 41.4. The van der Waals surface area contributed by atoms with Crippen LogP contribution < -0.4 is 0 Å². The van der Waals surface area contributed by atoms with Gasteiger partial charge in [-0.25, -0.2) is 0 Å². The summed E-state index contributed by atoms with van der Waals surface area (Å²) in [7, 11) is 0. The zero-order valence-electron chi connectivity index (χ0n) is 35.1. The highest BCUT2D eigenvalue weighted by atomic mass is 16.6. The molecule has 5 heteroatoms. The van der Waals surface area contributed by atoms with Crippen molar-refractivity contribution < 1.29 is 24.2 Å². The average Bonchev–Trinajstić information content (AvgIpc) is 3.15. The van der Waals surface area contributed by atoms with Crippen LogP contribution in [0.15, 0.2) is 12.2 Å². The van der Waals surface area contributed by atoms with Crippen molar-refractivity contribution in [3.05, 3.63) is 12.2 Å². The number of hydrogen-bond acceptors (Lipinski definition) is 5. The first kappa shape index (κ1) is 50.6. The monoisotopic (exact) mass is 735 g/mol. The van der Waals surface area contributed by atoms with Crippen LogP contribution in [0.25, 0.3) is 0 Å². The molecule has 1 unspecified atom stereocenters. The molecule has 1 atom stereocenters. The number of aliphatic hydroxyl groups excluding tert-OH is 1.